The Kier molecular flexibility index (Phi) is 2.06. The molecule has 2 rings (SSSR count). The van der Waals surface area contributed by atoms with Gasteiger partial charge in [-0.15, -0.1) is 0 Å². The van der Waals surface area contributed by atoms with Crippen LogP contribution in [-0.4, -0.2) is 12.9 Å². The first kappa shape index (κ1) is 9.25. The first-order valence-electron chi connectivity index (χ1n) is 4.85. The summed E-state index contributed by atoms with van der Waals surface area (Å²) in [6, 6.07) is 7.43. The minimum absolute atomic E-state index is 0.116. The highest BCUT2D eigenvalue weighted by atomic mass is 16.5. The molecule has 14 heavy (non-hydrogen) atoms. The van der Waals surface area contributed by atoms with Gasteiger partial charge in [0.25, 0.3) is 0 Å². The minimum atomic E-state index is -0.116. The summed E-state index contributed by atoms with van der Waals surface area (Å²) in [6.07, 6.45) is 2.01. The molecule has 0 saturated heterocycles. The zero-order chi connectivity index (χ0) is 10.2. The van der Waals surface area contributed by atoms with E-state index < -0.39 is 0 Å². The Morgan fingerprint density at radius 2 is 2.00 bits per heavy atom. The average Bonchev–Trinajstić information content (AvgIpc) is 2.97. The molecule has 0 unspecified atom stereocenters. The van der Waals surface area contributed by atoms with Gasteiger partial charge in [-0.2, -0.15) is 0 Å². The van der Waals surface area contributed by atoms with Crippen LogP contribution in [0.5, 0.6) is 5.75 Å². The first-order chi connectivity index (χ1) is 6.67. The molecule has 1 aliphatic carbocycles. The van der Waals surface area contributed by atoms with Gasteiger partial charge < -0.3 is 4.74 Å². The molecule has 0 heterocycles. The van der Waals surface area contributed by atoms with Gasteiger partial charge in [0.15, 0.2) is 5.78 Å². The van der Waals surface area contributed by atoms with Crippen LogP contribution in [0.25, 0.3) is 0 Å². The van der Waals surface area contributed by atoms with Crippen LogP contribution in [0.3, 0.4) is 0 Å². The number of hydrogen-bond donors (Lipinski definition) is 0. The molecule has 0 radical (unpaired) electrons. The van der Waals surface area contributed by atoms with Crippen molar-refractivity contribution in [3.8, 4) is 5.75 Å². The van der Waals surface area contributed by atoms with Crippen molar-refractivity contribution in [2.45, 2.75) is 19.8 Å². The van der Waals surface area contributed by atoms with Gasteiger partial charge in [-0.3, -0.25) is 4.79 Å². The van der Waals surface area contributed by atoms with Crippen LogP contribution >= 0.6 is 0 Å². The summed E-state index contributed by atoms with van der Waals surface area (Å²) in [5, 5.41) is 0. The van der Waals surface area contributed by atoms with E-state index in [4.69, 9.17) is 4.74 Å². The molecule has 0 bridgehead atoms. The molecule has 1 aromatic rings. The maximum atomic E-state index is 12.0. The van der Waals surface area contributed by atoms with E-state index in [9.17, 15) is 4.79 Å². The summed E-state index contributed by atoms with van der Waals surface area (Å²) in [7, 11) is 1.60. The molecule has 0 N–H and O–H groups in total. The van der Waals surface area contributed by atoms with E-state index in [2.05, 4.69) is 0 Å². The van der Waals surface area contributed by atoms with Gasteiger partial charge in [0.2, 0.25) is 0 Å². The van der Waals surface area contributed by atoms with Crippen molar-refractivity contribution in [3.05, 3.63) is 29.8 Å². The lowest BCUT2D eigenvalue weighted by Gasteiger charge is -2.10. The Balaban J connectivity index is 2.35. The SMILES string of the molecule is COc1ccccc1C(=O)C1(C)CC1. The molecule has 2 nitrogen and oxygen atoms in total. The molecular formula is C12H14O2. The van der Waals surface area contributed by atoms with Crippen LogP contribution in [0.1, 0.15) is 30.1 Å². The smallest absolute Gasteiger partial charge is 0.172 e. The lowest BCUT2D eigenvalue weighted by molar-refractivity contribution is 0.0909. The first-order valence-corrected chi connectivity index (χ1v) is 4.85. The van der Waals surface area contributed by atoms with E-state index >= 15 is 0 Å². The van der Waals surface area contributed by atoms with Gasteiger partial charge in [-0.05, 0) is 25.0 Å². The number of rotatable bonds is 3. The van der Waals surface area contributed by atoms with Gasteiger partial charge in [0.1, 0.15) is 5.75 Å². The van der Waals surface area contributed by atoms with Gasteiger partial charge in [-0.1, -0.05) is 19.1 Å². The fourth-order valence-electron chi connectivity index (χ4n) is 1.57. The van der Waals surface area contributed by atoms with Crippen molar-refractivity contribution in [2.75, 3.05) is 7.11 Å². The van der Waals surface area contributed by atoms with Crippen LogP contribution < -0.4 is 4.74 Å². The Morgan fingerprint density at radius 1 is 1.36 bits per heavy atom. The van der Waals surface area contributed by atoms with Gasteiger partial charge in [0, 0.05) is 5.41 Å². The summed E-state index contributed by atoms with van der Waals surface area (Å²) in [5.74, 6) is 0.903. The zero-order valence-corrected chi connectivity index (χ0v) is 8.54. The lowest BCUT2D eigenvalue weighted by atomic mass is 9.96. The molecule has 1 aromatic carbocycles. The third-order valence-corrected chi connectivity index (χ3v) is 2.90. The highest BCUT2D eigenvalue weighted by Gasteiger charge is 2.45. The normalized spacial score (nSPS) is 17.6. The van der Waals surface area contributed by atoms with Crippen LogP contribution in [-0.2, 0) is 0 Å². The van der Waals surface area contributed by atoms with E-state index in [-0.39, 0.29) is 11.2 Å². The minimum Gasteiger partial charge on any atom is -0.496 e. The fraction of sp³-hybridized carbons (Fsp3) is 0.417. The molecule has 0 amide bonds. The predicted molar refractivity (Wildman–Crippen MR) is 54.7 cm³/mol. The second kappa shape index (κ2) is 3.12. The second-order valence-corrected chi connectivity index (χ2v) is 4.09. The van der Waals surface area contributed by atoms with Crippen molar-refractivity contribution < 1.29 is 9.53 Å². The Hall–Kier alpha value is -1.31. The molecule has 0 spiro atoms. The molecule has 2 heteroatoms. The van der Waals surface area contributed by atoms with E-state index in [1.807, 2.05) is 31.2 Å². The Bertz CT molecular complexity index is 364. The van der Waals surface area contributed by atoms with Gasteiger partial charge >= 0.3 is 0 Å². The molecule has 0 atom stereocenters. The third kappa shape index (κ3) is 1.41. The fourth-order valence-corrected chi connectivity index (χ4v) is 1.57. The van der Waals surface area contributed by atoms with E-state index in [1.54, 1.807) is 7.11 Å². The number of ether oxygens (including phenoxy) is 1. The van der Waals surface area contributed by atoms with Crippen LogP contribution in [0.2, 0.25) is 0 Å². The monoisotopic (exact) mass is 190 g/mol. The Labute approximate surface area is 83.9 Å². The third-order valence-electron chi connectivity index (χ3n) is 2.90. The predicted octanol–water partition coefficient (Wildman–Crippen LogP) is 2.68. The quantitative estimate of drug-likeness (QED) is 0.685. The maximum absolute atomic E-state index is 12.0. The van der Waals surface area contributed by atoms with Gasteiger partial charge in [0.05, 0.1) is 12.7 Å². The average molecular weight is 190 g/mol. The lowest BCUT2D eigenvalue weighted by Crippen LogP contribution is -2.12. The number of carbonyl (C=O) groups excluding carboxylic acids is 1. The number of ketones is 1. The summed E-state index contributed by atoms with van der Waals surface area (Å²) in [6.45, 7) is 2.02. The van der Waals surface area contributed by atoms with Crippen LogP contribution in [0.15, 0.2) is 24.3 Å². The topological polar surface area (TPSA) is 26.3 Å². The molecular weight excluding hydrogens is 176 g/mol. The highest BCUT2D eigenvalue weighted by Crippen LogP contribution is 2.48. The van der Waals surface area contributed by atoms with Crippen LogP contribution in [0, 0.1) is 5.41 Å². The summed E-state index contributed by atoms with van der Waals surface area (Å²) in [5.41, 5.74) is 0.601. The van der Waals surface area contributed by atoms with Crippen molar-refractivity contribution in [2.24, 2.45) is 5.41 Å². The maximum Gasteiger partial charge on any atom is 0.172 e. The number of para-hydroxylation sites is 1. The molecule has 0 aromatic heterocycles. The largest absolute Gasteiger partial charge is 0.496 e. The van der Waals surface area contributed by atoms with Crippen molar-refractivity contribution in [1.29, 1.82) is 0 Å². The van der Waals surface area contributed by atoms with E-state index in [1.165, 1.54) is 0 Å². The van der Waals surface area contributed by atoms with E-state index in [0.717, 1.165) is 18.4 Å². The van der Waals surface area contributed by atoms with Crippen LogP contribution in [0.4, 0.5) is 0 Å². The van der Waals surface area contributed by atoms with Crippen molar-refractivity contribution >= 4 is 5.78 Å². The zero-order valence-electron chi connectivity index (χ0n) is 8.54. The van der Waals surface area contributed by atoms with Crippen molar-refractivity contribution in [3.63, 3.8) is 0 Å². The molecule has 74 valence electrons. The number of hydrogen-bond acceptors (Lipinski definition) is 2. The second-order valence-electron chi connectivity index (χ2n) is 4.09. The molecule has 0 aliphatic heterocycles. The summed E-state index contributed by atoms with van der Waals surface area (Å²) in [4.78, 5) is 12.0. The number of benzene rings is 1. The summed E-state index contributed by atoms with van der Waals surface area (Å²) >= 11 is 0. The summed E-state index contributed by atoms with van der Waals surface area (Å²) < 4.78 is 5.17. The number of methoxy groups -OCH3 is 1. The molecule has 1 aliphatic rings. The number of carbonyl (C=O) groups is 1. The Morgan fingerprint density at radius 3 is 2.57 bits per heavy atom. The number of Topliss-reactive ketones (excluding diaryl/α,β-unsaturated/α-hetero) is 1. The molecule has 1 fully saturated rings. The van der Waals surface area contributed by atoms with E-state index in [0.29, 0.717) is 5.75 Å². The standard InChI is InChI=1S/C12H14O2/c1-12(7-8-12)11(13)9-5-3-4-6-10(9)14-2/h3-6H,7-8H2,1-2H3. The molecule has 1 saturated carbocycles. The van der Waals surface area contributed by atoms with Gasteiger partial charge in [-0.25, -0.2) is 0 Å². The van der Waals surface area contributed by atoms with Crippen molar-refractivity contribution in [1.82, 2.24) is 0 Å². The highest BCUT2D eigenvalue weighted by molar-refractivity contribution is 6.04.